The molecule has 0 amide bonds. The fourth-order valence-electron chi connectivity index (χ4n) is 3.73. The van der Waals surface area contributed by atoms with E-state index in [1.807, 2.05) is 19.1 Å². The minimum atomic E-state index is -3.41. The van der Waals surface area contributed by atoms with Crippen molar-refractivity contribution in [2.24, 2.45) is 16.3 Å². The van der Waals surface area contributed by atoms with Crippen LogP contribution < -0.4 is 10.6 Å². The summed E-state index contributed by atoms with van der Waals surface area (Å²) < 4.78 is 31.7. The summed E-state index contributed by atoms with van der Waals surface area (Å²) in [5.41, 5.74) is 1.06. The number of guanidine groups is 1. The molecular weight excluding hydrogens is 527 g/mol. The predicted octanol–water partition coefficient (Wildman–Crippen LogP) is 3.45. The standard InChI is InChI=1S/C22H38N4O3S.HI/c1-7-23-21(25-16-18-9-8-14-29-20(18)22(2,3)4)24-15-17-10-12-19(13-11-17)30(27,28)26(5)6;/h10-13,18,20H,7-9,14-16H2,1-6H3,(H2,23,24,25);1H. The Morgan fingerprint density at radius 2 is 1.84 bits per heavy atom. The number of sulfonamides is 1. The lowest BCUT2D eigenvalue weighted by Gasteiger charge is -2.40. The third-order valence-electron chi connectivity index (χ3n) is 5.30. The fourth-order valence-corrected chi connectivity index (χ4v) is 4.63. The van der Waals surface area contributed by atoms with Crippen molar-refractivity contribution in [1.82, 2.24) is 14.9 Å². The molecule has 0 spiro atoms. The fraction of sp³-hybridized carbons (Fsp3) is 0.682. The van der Waals surface area contributed by atoms with Crippen molar-refractivity contribution in [1.29, 1.82) is 0 Å². The van der Waals surface area contributed by atoms with Crippen LogP contribution in [0.1, 0.15) is 46.1 Å². The number of hydrogen-bond acceptors (Lipinski definition) is 4. The van der Waals surface area contributed by atoms with Crippen molar-refractivity contribution in [3.8, 4) is 0 Å². The van der Waals surface area contributed by atoms with Gasteiger partial charge in [0.15, 0.2) is 5.96 Å². The zero-order valence-corrected chi connectivity index (χ0v) is 22.8. The molecule has 1 fully saturated rings. The normalized spacial score (nSPS) is 20.3. The van der Waals surface area contributed by atoms with E-state index < -0.39 is 10.0 Å². The summed E-state index contributed by atoms with van der Waals surface area (Å²) >= 11 is 0. The Labute approximate surface area is 205 Å². The average Bonchev–Trinajstić information content (AvgIpc) is 2.69. The molecule has 2 unspecified atom stereocenters. The van der Waals surface area contributed by atoms with Crippen LogP contribution >= 0.6 is 24.0 Å². The summed E-state index contributed by atoms with van der Waals surface area (Å²) in [6, 6.07) is 6.89. The maximum Gasteiger partial charge on any atom is 0.242 e. The molecule has 1 aliphatic heterocycles. The number of benzene rings is 1. The quantitative estimate of drug-likeness (QED) is 0.300. The number of ether oxygens (including phenoxy) is 1. The molecule has 0 saturated carbocycles. The van der Waals surface area contributed by atoms with Crippen molar-refractivity contribution in [2.45, 2.75) is 58.1 Å². The summed E-state index contributed by atoms with van der Waals surface area (Å²) in [7, 11) is -0.349. The molecule has 2 N–H and O–H groups in total. The Hall–Kier alpha value is -0.910. The molecule has 2 atom stereocenters. The Kier molecular flexibility index (Phi) is 11.2. The van der Waals surface area contributed by atoms with E-state index in [0.717, 1.165) is 44.1 Å². The molecule has 0 bridgehead atoms. The average molecular weight is 567 g/mol. The second-order valence-corrected chi connectivity index (χ2v) is 11.2. The van der Waals surface area contributed by atoms with Crippen molar-refractivity contribution in [2.75, 3.05) is 33.8 Å². The van der Waals surface area contributed by atoms with Crippen LogP contribution in [0.5, 0.6) is 0 Å². The summed E-state index contributed by atoms with van der Waals surface area (Å²) in [6.45, 7) is 11.6. The Morgan fingerprint density at radius 1 is 1.19 bits per heavy atom. The Morgan fingerprint density at radius 3 is 2.39 bits per heavy atom. The number of nitrogens with zero attached hydrogens (tertiary/aromatic N) is 2. The molecule has 9 heteroatoms. The second kappa shape index (κ2) is 12.4. The maximum absolute atomic E-state index is 12.2. The van der Waals surface area contributed by atoms with E-state index in [0.29, 0.717) is 12.5 Å². The third-order valence-corrected chi connectivity index (χ3v) is 7.13. The zero-order chi connectivity index (χ0) is 22.4. The van der Waals surface area contributed by atoms with Gasteiger partial charge in [0.1, 0.15) is 0 Å². The topological polar surface area (TPSA) is 83.0 Å². The van der Waals surface area contributed by atoms with Gasteiger partial charge in [-0.3, -0.25) is 0 Å². The van der Waals surface area contributed by atoms with Crippen LogP contribution in [0.15, 0.2) is 34.2 Å². The van der Waals surface area contributed by atoms with Gasteiger partial charge in [-0.05, 0) is 42.9 Å². The lowest BCUT2D eigenvalue weighted by atomic mass is 9.78. The first-order chi connectivity index (χ1) is 14.1. The minimum absolute atomic E-state index is 0. The number of hydrogen-bond donors (Lipinski definition) is 2. The third kappa shape index (κ3) is 8.18. The molecule has 0 aromatic heterocycles. The highest BCUT2D eigenvalue weighted by atomic mass is 127. The Bertz CT molecular complexity index is 805. The van der Waals surface area contributed by atoms with Gasteiger partial charge < -0.3 is 15.4 Å². The molecule has 178 valence electrons. The zero-order valence-electron chi connectivity index (χ0n) is 19.6. The van der Waals surface area contributed by atoms with E-state index in [1.165, 1.54) is 18.4 Å². The summed E-state index contributed by atoms with van der Waals surface area (Å²) in [5.74, 6) is 1.21. The monoisotopic (exact) mass is 566 g/mol. The van der Waals surface area contributed by atoms with E-state index in [4.69, 9.17) is 4.74 Å². The number of nitrogens with one attached hydrogen (secondary N) is 2. The van der Waals surface area contributed by atoms with Gasteiger partial charge in [-0.15, -0.1) is 24.0 Å². The van der Waals surface area contributed by atoms with Crippen LogP contribution in [0.25, 0.3) is 0 Å². The lowest BCUT2D eigenvalue weighted by molar-refractivity contribution is -0.0835. The van der Waals surface area contributed by atoms with E-state index >= 15 is 0 Å². The van der Waals surface area contributed by atoms with Crippen LogP contribution in [-0.2, 0) is 21.3 Å². The van der Waals surface area contributed by atoms with Gasteiger partial charge in [0, 0.05) is 39.7 Å². The highest BCUT2D eigenvalue weighted by molar-refractivity contribution is 14.0. The molecule has 1 heterocycles. The number of rotatable bonds is 7. The van der Waals surface area contributed by atoms with Crippen molar-refractivity contribution in [3.05, 3.63) is 29.8 Å². The summed E-state index contributed by atoms with van der Waals surface area (Å²) in [5, 5.41) is 6.76. The Balaban J connectivity index is 0.00000480. The molecule has 0 radical (unpaired) electrons. The highest BCUT2D eigenvalue weighted by Crippen LogP contribution is 2.33. The predicted molar refractivity (Wildman–Crippen MR) is 137 cm³/mol. The summed E-state index contributed by atoms with van der Waals surface area (Å²) in [6.07, 6.45) is 2.47. The van der Waals surface area contributed by atoms with Crippen LogP contribution in [0.3, 0.4) is 0 Å². The highest BCUT2D eigenvalue weighted by Gasteiger charge is 2.35. The molecule has 2 rings (SSSR count). The van der Waals surface area contributed by atoms with Gasteiger partial charge in [0.05, 0.1) is 17.5 Å². The van der Waals surface area contributed by atoms with Crippen LogP contribution in [-0.4, -0.2) is 58.6 Å². The molecule has 1 aromatic carbocycles. The van der Waals surface area contributed by atoms with E-state index in [2.05, 4.69) is 36.4 Å². The van der Waals surface area contributed by atoms with Gasteiger partial charge >= 0.3 is 0 Å². The molecular formula is C22H39IN4O3S. The smallest absolute Gasteiger partial charge is 0.242 e. The SMILES string of the molecule is CCNC(=NCc1ccc(S(=O)(=O)N(C)C)cc1)NCC1CCCOC1C(C)(C)C.I. The van der Waals surface area contributed by atoms with Crippen LogP contribution in [0, 0.1) is 11.3 Å². The molecule has 7 nitrogen and oxygen atoms in total. The van der Waals surface area contributed by atoms with Crippen LogP contribution in [0.4, 0.5) is 0 Å². The molecule has 1 aromatic rings. The second-order valence-electron chi connectivity index (χ2n) is 9.07. The van der Waals surface area contributed by atoms with Crippen LogP contribution in [0.2, 0.25) is 0 Å². The molecule has 1 saturated heterocycles. The molecule has 0 aliphatic carbocycles. The van der Waals surface area contributed by atoms with Crippen molar-refractivity contribution in [3.63, 3.8) is 0 Å². The van der Waals surface area contributed by atoms with E-state index in [9.17, 15) is 8.42 Å². The number of aliphatic imine (C=N–C) groups is 1. The first-order valence-electron chi connectivity index (χ1n) is 10.7. The van der Waals surface area contributed by atoms with Crippen molar-refractivity contribution >= 4 is 40.0 Å². The van der Waals surface area contributed by atoms with Gasteiger partial charge in [-0.1, -0.05) is 32.9 Å². The van der Waals surface area contributed by atoms with Gasteiger partial charge in [0.25, 0.3) is 0 Å². The molecule has 1 aliphatic rings. The van der Waals surface area contributed by atoms with Crippen molar-refractivity contribution < 1.29 is 13.2 Å². The first kappa shape index (κ1) is 28.1. The van der Waals surface area contributed by atoms with Gasteiger partial charge in [-0.25, -0.2) is 17.7 Å². The van der Waals surface area contributed by atoms with E-state index in [1.54, 1.807) is 12.1 Å². The van der Waals surface area contributed by atoms with Gasteiger partial charge in [-0.2, -0.15) is 0 Å². The summed E-state index contributed by atoms with van der Waals surface area (Å²) in [4.78, 5) is 4.96. The maximum atomic E-state index is 12.2. The molecule has 31 heavy (non-hydrogen) atoms. The first-order valence-corrected chi connectivity index (χ1v) is 12.1. The largest absolute Gasteiger partial charge is 0.377 e. The minimum Gasteiger partial charge on any atom is -0.377 e. The lowest BCUT2D eigenvalue weighted by Crippen LogP contribution is -2.47. The number of halogens is 1. The van der Waals surface area contributed by atoms with Gasteiger partial charge in [0.2, 0.25) is 10.0 Å². The van der Waals surface area contributed by atoms with E-state index in [-0.39, 0.29) is 40.4 Å².